The standard InChI is InChI=1S/C13H19N5O4P/c1-8(2)22-23(19)20-5-9-3-4-10(21-9)18-7-17-11-12(14)15-6-16-13(11)18/h6-10H,3-5H2,1-2H3,(H2,14,15,16)/q+1/t9-,10+/m0/s1. The summed E-state index contributed by atoms with van der Waals surface area (Å²) in [6, 6.07) is 0. The fraction of sp³-hybridized carbons (Fsp3) is 0.615. The normalized spacial score (nSPS) is 22.1. The van der Waals surface area contributed by atoms with Crippen LogP contribution >= 0.6 is 8.25 Å². The lowest BCUT2D eigenvalue weighted by molar-refractivity contribution is -0.0177. The number of hydrogen-bond donors (Lipinski definition) is 1. The van der Waals surface area contributed by atoms with Crippen molar-refractivity contribution in [1.29, 1.82) is 0 Å². The maximum atomic E-state index is 11.5. The number of anilines is 1. The molecule has 2 aromatic rings. The zero-order valence-corrected chi connectivity index (χ0v) is 13.8. The monoisotopic (exact) mass is 340 g/mol. The highest BCUT2D eigenvalue weighted by Gasteiger charge is 2.32. The number of fused-ring (bicyclic) bond motifs is 1. The molecule has 0 aliphatic carbocycles. The summed E-state index contributed by atoms with van der Waals surface area (Å²) in [6.45, 7) is 3.83. The molecular formula is C13H19N5O4P+. The van der Waals surface area contributed by atoms with Gasteiger partial charge in [0.25, 0.3) is 0 Å². The lowest BCUT2D eigenvalue weighted by Gasteiger charge is -2.13. The van der Waals surface area contributed by atoms with E-state index in [-0.39, 0.29) is 25.0 Å². The predicted octanol–water partition coefficient (Wildman–Crippen LogP) is 2.19. The van der Waals surface area contributed by atoms with Crippen LogP contribution in [0, 0.1) is 0 Å². The van der Waals surface area contributed by atoms with Gasteiger partial charge in [-0.1, -0.05) is 0 Å². The van der Waals surface area contributed by atoms with E-state index in [1.165, 1.54) is 6.33 Å². The Balaban J connectivity index is 1.61. The summed E-state index contributed by atoms with van der Waals surface area (Å²) in [5.41, 5.74) is 6.98. The van der Waals surface area contributed by atoms with E-state index in [4.69, 9.17) is 19.5 Å². The molecule has 9 nitrogen and oxygen atoms in total. The highest BCUT2D eigenvalue weighted by molar-refractivity contribution is 7.33. The van der Waals surface area contributed by atoms with E-state index >= 15 is 0 Å². The summed E-state index contributed by atoms with van der Waals surface area (Å²) >= 11 is 0. The topological polar surface area (TPSA) is 114 Å². The second kappa shape index (κ2) is 6.84. The zero-order chi connectivity index (χ0) is 16.4. The van der Waals surface area contributed by atoms with Gasteiger partial charge < -0.3 is 10.5 Å². The lowest BCUT2D eigenvalue weighted by Crippen LogP contribution is -2.15. The molecule has 0 radical (unpaired) electrons. The van der Waals surface area contributed by atoms with Gasteiger partial charge in [-0.3, -0.25) is 4.57 Å². The Morgan fingerprint density at radius 2 is 2.26 bits per heavy atom. The van der Waals surface area contributed by atoms with Crippen molar-refractivity contribution in [2.45, 2.75) is 45.1 Å². The van der Waals surface area contributed by atoms with Crippen molar-refractivity contribution < 1.29 is 18.3 Å². The van der Waals surface area contributed by atoms with Gasteiger partial charge in [0.05, 0.1) is 12.4 Å². The summed E-state index contributed by atoms with van der Waals surface area (Å²) in [5, 5.41) is 0. The number of hydrogen-bond acceptors (Lipinski definition) is 8. The van der Waals surface area contributed by atoms with Crippen LogP contribution in [0.3, 0.4) is 0 Å². The van der Waals surface area contributed by atoms with Crippen LogP contribution in [0.15, 0.2) is 12.7 Å². The third-order valence-corrected chi connectivity index (χ3v) is 4.40. The molecule has 2 aromatic heterocycles. The summed E-state index contributed by atoms with van der Waals surface area (Å²) in [6.07, 6.45) is 4.13. The SMILES string of the molecule is CC(C)O[P+](=O)OC[C@@H]1CC[C@H](n2cnc3c(N)ncnc32)O1. The second-order valence-electron chi connectivity index (χ2n) is 5.55. The molecule has 1 saturated heterocycles. The smallest absolute Gasteiger partial charge is 0.382 e. The number of imidazole rings is 1. The quantitative estimate of drug-likeness (QED) is 0.796. The molecule has 3 rings (SSSR count). The minimum Gasteiger partial charge on any atom is -0.382 e. The Kier molecular flexibility index (Phi) is 4.82. The van der Waals surface area contributed by atoms with Crippen LogP contribution in [-0.4, -0.2) is 38.3 Å². The summed E-state index contributed by atoms with van der Waals surface area (Å²) in [7, 11) is -2.11. The lowest BCUT2D eigenvalue weighted by atomic mass is 10.2. The van der Waals surface area contributed by atoms with E-state index in [0.29, 0.717) is 17.0 Å². The van der Waals surface area contributed by atoms with Gasteiger partial charge in [0, 0.05) is 4.57 Å². The van der Waals surface area contributed by atoms with E-state index in [1.807, 2.05) is 4.57 Å². The van der Waals surface area contributed by atoms with Crippen LogP contribution in [0.1, 0.15) is 32.9 Å². The largest absolute Gasteiger partial charge is 0.697 e. The van der Waals surface area contributed by atoms with Gasteiger partial charge in [0.2, 0.25) is 0 Å². The third kappa shape index (κ3) is 3.64. The first-order valence-electron chi connectivity index (χ1n) is 7.40. The summed E-state index contributed by atoms with van der Waals surface area (Å²) in [4.78, 5) is 12.4. The molecule has 0 bridgehead atoms. The molecule has 1 aliphatic rings. The number of nitrogen functional groups attached to an aromatic ring is 1. The first-order chi connectivity index (χ1) is 11.0. The molecule has 3 atom stereocenters. The van der Waals surface area contributed by atoms with Gasteiger partial charge in [0.1, 0.15) is 30.8 Å². The van der Waals surface area contributed by atoms with Crippen LogP contribution in [-0.2, 0) is 18.3 Å². The first kappa shape index (κ1) is 16.2. The Morgan fingerprint density at radius 1 is 1.43 bits per heavy atom. The second-order valence-corrected chi connectivity index (χ2v) is 6.46. The fourth-order valence-corrected chi connectivity index (χ4v) is 3.13. The molecule has 1 aliphatic heterocycles. The molecular weight excluding hydrogens is 321 g/mol. The molecule has 0 saturated carbocycles. The van der Waals surface area contributed by atoms with Crippen molar-refractivity contribution in [1.82, 2.24) is 19.5 Å². The number of aromatic nitrogens is 4. The highest BCUT2D eigenvalue weighted by Crippen LogP contribution is 2.33. The first-order valence-corrected chi connectivity index (χ1v) is 8.49. The zero-order valence-electron chi connectivity index (χ0n) is 13.0. The Bertz CT molecular complexity index is 707. The van der Waals surface area contributed by atoms with Crippen molar-refractivity contribution in [2.24, 2.45) is 0 Å². The molecule has 0 amide bonds. The Morgan fingerprint density at radius 3 is 3.04 bits per heavy atom. The molecule has 10 heteroatoms. The third-order valence-electron chi connectivity index (χ3n) is 3.45. The van der Waals surface area contributed by atoms with Crippen LogP contribution in [0.5, 0.6) is 0 Å². The van der Waals surface area contributed by atoms with Gasteiger partial charge in [-0.05, 0) is 26.7 Å². The van der Waals surface area contributed by atoms with Crippen molar-refractivity contribution in [3.8, 4) is 0 Å². The van der Waals surface area contributed by atoms with Gasteiger partial charge in [-0.2, -0.15) is 0 Å². The number of nitrogens with zero attached hydrogens (tertiary/aromatic N) is 4. The average Bonchev–Trinajstić information content (AvgIpc) is 3.11. The molecule has 124 valence electrons. The van der Waals surface area contributed by atoms with Gasteiger partial charge in [-0.25, -0.2) is 15.0 Å². The molecule has 3 heterocycles. The van der Waals surface area contributed by atoms with Gasteiger partial charge in [0.15, 0.2) is 11.5 Å². The fourth-order valence-electron chi connectivity index (χ4n) is 2.44. The molecule has 0 aromatic carbocycles. The van der Waals surface area contributed by atoms with Crippen LogP contribution in [0.4, 0.5) is 5.82 Å². The highest BCUT2D eigenvalue weighted by atomic mass is 31.1. The van der Waals surface area contributed by atoms with E-state index in [2.05, 4.69) is 15.0 Å². The van der Waals surface area contributed by atoms with Crippen LogP contribution < -0.4 is 5.73 Å². The van der Waals surface area contributed by atoms with Crippen LogP contribution in [0.2, 0.25) is 0 Å². The maximum absolute atomic E-state index is 11.5. The maximum Gasteiger partial charge on any atom is 0.697 e. The summed E-state index contributed by atoms with van der Waals surface area (Å²) < 4.78 is 29.6. The molecule has 1 fully saturated rings. The summed E-state index contributed by atoms with van der Waals surface area (Å²) in [5.74, 6) is 0.342. The molecule has 0 spiro atoms. The average molecular weight is 340 g/mol. The molecule has 23 heavy (non-hydrogen) atoms. The minimum atomic E-state index is -2.11. The number of rotatable bonds is 6. The van der Waals surface area contributed by atoms with Gasteiger partial charge >= 0.3 is 8.25 Å². The van der Waals surface area contributed by atoms with E-state index in [0.717, 1.165) is 12.8 Å². The predicted molar refractivity (Wildman–Crippen MR) is 82.7 cm³/mol. The molecule has 2 N–H and O–H groups in total. The Labute approximate surface area is 134 Å². The van der Waals surface area contributed by atoms with E-state index in [1.54, 1.807) is 20.2 Å². The Hall–Kier alpha value is -1.67. The van der Waals surface area contributed by atoms with Crippen molar-refractivity contribution in [2.75, 3.05) is 12.3 Å². The number of nitrogens with two attached hydrogens (primary N) is 1. The van der Waals surface area contributed by atoms with E-state index < -0.39 is 8.25 Å². The van der Waals surface area contributed by atoms with Gasteiger partial charge in [-0.15, -0.1) is 9.05 Å². The number of ether oxygens (including phenoxy) is 1. The van der Waals surface area contributed by atoms with Crippen molar-refractivity contribution >= 4 is 25.2 Å². The minimum absolute atomic E-state index is 0.140. The van der Waals surface area contributed by atoms with E-state index in [9.17, 15) is 4.57 Å². The molecule has 1 unspecified atom stereocenters. The van der Waals surface area contributed by atoms with Crippen LogP contribution in [0.25, 0.3) is 11.2 Å². The van der Waals surface area contributed by atoms with Crippen molar-refractivity contribution in [3.05, 3.63) is 12.7 Å². The van der Waals surface area contributed by atoms with Crippen molar-refractivity contribution in [3.63, 3.8) is 0 Å².